The number of ether oxygens (including phenoxy) is 3. The molecular formula is C28H33ClN6O3. The molecule has 1 atom stereocenters. The van der Waals surface area contributed by atoms with Crippen LogP contribution < -0.4 is 25.8 Å². The van der Waals surface area contributed by atoms with Gasteiger partial charge in [-0.2, -0.15) is 0 Å². The van der Waals surface area contributed by atoms with Crippen LogP contribution in [0.5, 0.6) is 11.5 Å². The fraction of sp³-hybridized carbons (Fsp3) is 0.357. The third kappa shape index (κ3) is 5.22. The Kier molecular flexibility index (Phi) is 7.87. The Morgan fingerprint density at radius 2 is 2.11 bits per heavy atom. The molecule has 0 spiro atoms. The number of nitrogens with zero attached hydrogens (tertiary/aromatic N) is 3. The summed E-state index contributed by atoms with van der Waals surface area (Å²) < 4.78 is 19.6. The van der Waals surface area contributed by atoms with Gasteiger partial charge in [-0.3, -0.25) is 0 Å². The molecule has 0 saturated heterocycles. The van der Waals surface area contributed by atoms with Crippen LogP contribution in [-0.2, 0) is 17.7 Å². The molecule has 0 fully saturated rings. The normalized spacial score (nSPS) is 13.5. The van der Waals surface area contributed by atoms with E-state index in [0.29, 0.717) is 59.3 Å². The van der Waals surface area contributed by atoms with Crippen molar-refractivity contribution in [3.8, 4) is 22.8 Å². The lowest BCUT2D eigenvalue weighted by atomic mass is 10.0. The number of hydrogen-bond donors (Lipinski definition) is 3. The van der Waals surface area contributed by atoms with Crippen molar-refractivity contribution >= 4 is 39.8 Å². The number of nitrogens with one attached hydrogen (secondary N) is 2. The zero-order valence-corrected chi connectivity index (χ0v) is 22.6. The van der Waals surface area contributed by atoms with Crippen LogP contribution in [0.4, 0.5) is 17.3 Å². The smallest absolute Gasteiger partial charge is 0.227 e. The molecule has 10 heteroatoms. The van der Waals surface area contributed by atoms with Gasteiger partial charge in [0.2, 0.25) is 5.95 Å². The molecule has 38 heavy (non-hydrogen) atoms. The minimum absolute atomic E-state index is 0.202. The summed E-state index contributed by atoms with van der Waals surface area (Å²) in [6.45, 7) is 4.59. The maximum Gasteiger partial charge on any atom is 0.227 e. The summed E-state index contributed by atoms with van der Waals surface area (Å²) in [7, 11) is 3.46. The van der Waals surface area contributed by atoms with Crippen LogP contribution in [0.3, 0.4) is 0 Å². The maximum absolute atomic E-state index is 6.62. The number of hydrogen-bond acceptors (Lipinski definition) is 8. The molecule has 5 rings (SSSR count). The van der Waals surface area contributed by atoms with Gasteiger partial charge in [0.05, 0.1) is 47.5 Å². The zero-order valence-electron chi connectivity index (χ0n) is 21.9. The van der Waals surface area contributed by atoms with Gasteiger partial charge >= 0.3 is 0 Å². The van der Waals surface area contributed by atoms with Gasteiger partial charge in [-0.1, -0.05) is 29.8 Å². The molecule has 0 aliphatic carbocycles. The lowest BCUT2D eigenvalue weighted by Gasteiger charge is -2.21. The SMILES string of the molecule is CCOCC(CNC)Oc1cc(OC)c(Nc2ncc(Cl)c(-c3cn4c5c(cccc35)CCC4)n2)cc1N. The number of benzene rings is 2. The first-order chi connectivity index (χ1) is 18.5. The van der Waals surface area contributed by atoms with E-state index in [1.165, 1.54) is 11.1 Å². The second-order valence-corrected chi connectivity index (χ2v) is 9.62. The second kappa shape index (κ2) is 11.5. The van der Waals surface area contributed by atoms with Crippen molar-refractivity contribution in [3.63, 3.8) is 0 Å². The predicted molar refractivity (Wildman–Crippen MR) is 152 cm³/mol. The molecule has 9 nitrogen and oxygen atoms in total. The Morgan fingerprint density at radius 1 is 1.24 bits per heavy atom. The third-order valence-corrected chi connectivity index (χ3v) is 6.91. The molecule has 0 saturated carbocycles. The van der Waals surface area contributed by atoms with Gasteiger partial charge in [0.15, 0.2) is 0 Å². The molecule has 2 aromatic carbocycles. The molecule has 2 aromatic heterocycles. The molecule has 3 heterocycles. The summed E-state index contributed by atoms with van der Waals surface area (Å²) in [4.78, 5) is 9.22. The number of rotatable bonds is 11. The van der Waals surface area contributed by atoms with Crippen molar-refractivity contribution < 1.29 is 14.2 Å². The summed E-state index contributed by atoms with van der Waals surface area (Å²) in [6, 6.07) is 9.92. The van der Waals surface area contributed by atoms with Gasteiger partial charge in [0.25, 0.3) is 0 Å². The van der Waals surface area contributed by atoms with Crippen molar-refractivity contribution in [1.29, 1.82) is 0 Å². The summed E-state index contributed by atoms with van der Waals surface area (Å²) >= 11 is 6.62. The zero-order chi connectivity index (χ0) is 26.6. The van der Waals surface area contributed by atoms with Gasteiger partial charge in [0, 0.05) is 42.9 Å². The van der Waals surface area contributed by atoms with Gasteiger partial charge < -0.3 is 35.1 Å². The van der Waals surface area contributed by atoms with E-state index in [-0.39, 0.29) is 6.10 Å². The summed E-state index contributed by atoms with van der Waals surface area (Å²) in [5.74, 6) is 1.44. The largest absolute Gasteiger partial charge is 0.494 e. The Morgan fingerprint density at radius 3 is 2.89 bits per heavy atom. The number of para-hydroxylation sites is 1. The van der Waals surface area contributed by atoms with Crippen LogP contribution in [0.25, 0.3) is 22.2 Å². The highest BCUT2D eigenvalue weighted by molar-refractivity contribution is 6.33. The van der Waals surface area contributed by atoms with Crippen molar-refractivity contribution in [2.24, 2.45) is 0 Å². The van der Waals surface area contributed by atoms with E-state index in [1.807, 2.05) is 14.0 Å². The molecule has 0 radical (unpaired) electrons. The van der Waals surface area contributed by atoms with Crippen LogP contribution in [0.15, 0.2) is 42.7 Å². The molecule has 1 aliphatic rings. The Labute approximate surface area is 227 Å². The highest BCUT2D eigenvalue weighted by atomic mass is 35.5. The molecular weight excluding hydrogens is 504 g/mol. The fourth-order valence-electron chi connectivity index (χ4n) is 4.92. The minimum Gasteiger partial charge on any atom is -0.494 e. The maximum atomic E-state index is 6.62. The van der Waals surface area contributed by atoms with Crippen molar-refractivity contribution in [3.05, 3.63) is 53.3 Å². The van der Waals surface area contributed by atoms with Gasteiger partial charge in [-0.15, -0.1) is 0 Å². The molecule has 1 aliphatic heterocycles. The van der Waals surface area contributed by atoms with Crippen LogP contribution in [0.2, 0.25) is 5.02 Å². The van der Waals surface area contributed by atoms with E-state index < -0.39 is 0 Å². The molecule has 4 aromatic rings. The number of nitrogen functional groups attached to an aromatic ring is 1. The third-order valence-electron chi connectivity index (χ3n) is 6.64. The first-order valence-electron chi connectivity index (χ1n) is 12.8. The number of aryl methyl sites for hydroxylation is 2. The Hall–Kier alpha value is -3.53. The van der Waals surface area contributed by atoms with Gasteiger partial charge in [0.1, 0.15) is 17.6 Å². The minimum atomic E-state index is -0.202. The van der Waals surface area contributed by atoms with Crippen molar-refractivity contribution in [2.75, 3.05) is 45.0 Å². The van der Waals surface area contributed by atoms with Crippen molar-refractivity contribution in [2.45, 2.75) is 32.4 Å². The Bertz CT molecular complexity index is 1440. The molecule has 4 N–H and O–H groups in total. The number of methoxy groups -OCH3 is 1. The van der Waals surface area contributed by atoms with E-state index in [9.17, 15) is 0 Å². The standard InChI is InChI=1S/C28H33ClN6O3/c1-4-37-16-18(13-31-2)38-24-12-25(36-3)23(11-22(24)30)33-28-32-14-21(29)26(34-28)20-15-35-10-6-8-17-7-5-9-19(20)27(17)35/h5,7,9,11-12,14-15,18,31H,4,6,8,10,13,16,30H2,1-3H3,(H,32,33,34). The summed E-state index contributed by atoms with van der Waals surface area (Å²) in [5, 5.41) is 7.99. The molecule has 0 amide bonds. The number of aromatic nitrogens is 3. The van der Waals surface area contributed by atoms with Crippen molar-refractivity contribution in [1.82, 2.24) is 19.9 Å². The quantitative estimate of drug-likeness (QED) is 0.229. The first kappa shape index (κ1) is 26.1. The number of anilines is 3. The number of nitrogens with two attached hydrogens (primary N) is 1. The van der Waals surface area contributed by atoms with Crippen LogP contribution in [0, 0.1) is 0 Å². The number of likely N-dealkylation sites (N-methyl/N-ethyl adjacent to an activating group) is 1. The number of halogens is 1. The highest BCUT2D eigenvalue weighted by Crippen LogP contribution is 2.39. The summed E-state index contributed by atoms with van der Waals surface area (Å²) in [6.07, 6.45) is 5.74. The lowest BCUT2D eigenvalue weighted by Crippen LogP contribution is -2.33. The van der Waals surface area contributed by atoms with Gasteiger partial charge in [-0.25, -0.2) is 9.97 Å². The first-order valence-corrected chi connectivity index (χ1v) is 13.2. The van der Waals surface area contributed by atoms with E-state index in [2.05, 4.69) is 44.6 Å². The lowest BCUT2D eigenvalue weighted by molar-refractivity contribution is 0.0577. The fourth-order valence-corrected chi connectivity index (χ4v) is 5.11. The van der Waals surface area contributed by atoms with E-state index in [4.69, 9.17) is 36.5 Å². The summed E-state index contributed by atoms with van der Waals surface area (Å²) in [5.41, 5.74) is 11.7. The van der Waals surface area contributed by atoms with E-state index in [1.54, 1.807) is 25.4 Å². The average molecular weight is 537 g/mol. The van der Waals surface area contributed by atoms with E-state index >= 15 is 0 Å². The van der Waals surface area contributed by atoms with Crippen LogP contribution >= 0.6 is 11.6 Å². The highest BCUT2D eigenvalue weighted by Gasteiger charge is 2.21. The average Bonchev–Trinajstić information content (AvgIpc) is 3.30. The van der Waals surface area contributed by atoms with Crippen LogP contribution in [-0.4, -0.2) is 54.6 Å². The van der Waals surface area contributed by atoms with Crippen LogP contribution in [0.1, 0.15) is 18.9 Å². The molecule has 0 bridgehead atoms. The van der Waals surface area contributed by atoms with Gasteiger partial charge in [-0.05, 0) is 38.4 Å². The molecule has 200 valence electrons. The monoisotopic (exact) mass is 536 g/mol. The van der Waals surface area contributed by atoms with E-state index in [0.717, 1.165) is 30.3 Å². The second-order valence-electron chi connectivity index (χ2n) is 9.22. The topological polar surface area (TPSA) is 108 Å². The predicted octanol–water partition coefficient (Wildman–Crippen LogP) is 5.04. The Balaban J connectivity index is 1.45. The molecule has 1 unspecified atom stereocenters.